The molecule has 0 radical (unpaired) electrons. The minimum atomic E-state index is 0.701. The smallest absolute Gasteiger partial charge is 0.109 e. The molecule has 2 aromatic carbocycles. The van der Waals surface area contributed by atoms with Gasteiger partial charge >= 0.3 is 0 Å². The van der Waals surface area contributed by atoms with Gasteiger partial charge in [0.2, 0.25) is 0 Å². The SMILES string of the molecule is Cc1ccccc1N=Nc1ccc(C)c(C)c1N. The molecule has 0 amide bonds. The van der Waals surface area contributed by atoms with E-state index in [1.165, 1.54) is 5.56 Å². The Bertz CT molecular complexity index is 601. The molecule has 0 heterocycles. The number of nitrogens with zero attached hydrogens (tertiary/aromatic N) is 2. The van der Waals surface area contributed by atoms with E-state index in [0.29, 0.717) is 5.69 Å². The molecule has 0 aliphatic rings. The molecule has 3 heteroatoms. The Morgan fingerprint density at radius 2 is 1.44 bits per heavy atom. The normalized spacial score (nSPS) is 11.1. The first-order valence-corrected chi connectivity index (χ1v) is 5.92. The summed E-state index contributed by atoms with van der Waals surface area (Å²) in [7, 11) is 0. The van der Waals surface area contributed by atoms with Crippen molar-refractivity contribution in [3.8, 4) is 0 Å². The number of azo groups is 1. The van der Waals surface area contributed by atoms with Gasteiger partial charge in [-0.05, 0) is 49.6 Å². The number of benzene rings is 2. The first kappa shape index (κ1) is 12.3. The molecule has 18 heavy (non-hydrogen) atoms. The van der Waals surface area contributed by atoms with Gasteiger partial charge in [0, 0.05) is 0 Å². The fourth-order valence-corrected chi connectivity index (χ4v) is 1.69. The molecule has 0 bridgehead atoms. The van der Waals surface area contributed by atoms with Gasteiger partial charge in [-0.25, -0.2) is 0 Å². The van der Waals surface area contributed by atoms with E-state index in [2.05, 4.69) is 10.2 Å². The molecule has 0 saturated carbocycles. The highest BCUT2D eigenvalue weighted by Gasteiger charge is 2.03. The van der Waals surface area contributed by atoms with Gasteiger partial charge < -0.3 is 5.73 Å². The van der Waals surface area contributed by atoms with Crippen LogP contribution in [0.25, 0.3) is 0 Å². The number of anilines is 1. The summed E-state index contributed by atoms with van der Waals surface area (Å²) in [5.41, 5.74) is 11.7. The summed E-state index contributed by atoms with van der Waals surface area (Å²) in [5, 5.41) is 8.49. The lowest BCUT2D eigenvalue weighted by atomic mass is 10.1. The second-order valence-corrected chi connectivity index (χ2v) is 4.43. The second kappa shape index (κ2) is 5.00. The standard InChI is InChI=1S/C15H17N3/c1-10-8-9-14(15(16)12(10)3)18-17-13-7-5-4-6-11(13)2/h4-9H,16H2,1-3H3. The maximum atomic E-state index is 6.03. The van der Waals surface area contributed by atoms with E-state index < -0.39 is 0 Å². The van der Waals surface area contributed by atoms with Crippen LogP contribution in [0.2, 0.25) is 0 Å². The molecule has 0 aromatic heterocycles. The third-order valence-corrected chi connectivity index (χ3v) is 3.14. The molecule has 3 nitrogen and oxygen atoms in total. The number of nitrogen functional groups attached to an aromatic ring is 1. The Balaban J connectivity index is 2.36. The van der Waals surface area contributed by atoms with E-state index in [1.807, 2.05) is 57.2 Å². The van der Waals surface area contributed by atoms with Crippen LogP contribution >= 0.6 is 0 Å². The summed E-state index contributed by atoms with van der Waals surface area (Å²) < 4.78 is 0. The maximum absolute atomic E-state index is 6.03. The maximum Gasteiger partial charge on any atom is 0.109 e. The predicted molar refractivity (Wildman–Crippen MR) is 75.7 cm³/mol. The second-order valence-electron chi connectivity index (χ2n) is 4.43. The van der Waals surface area contributed by atoms with Gasteiger partial charge in [-0.1, -0.05) is 24.3 Å². The summed E-state index contributed by atoms with van der Waals surface area (Å²) in [5.74, 6) is 0. The average molecular weight is 239 g/mol. The van der Waals surface area contributed by atoms with Crippen LogP contribution in [0.15, 0.2) is 46.6 Å². The zero-order valence-corrected chi connectivity index (χ0v) is 10.9. The van der Waals surface area contributed by atoms with E-state index in [0.717, 1.165) is 22.5 Å². The molecule has 2 aromatic rings. The van der Waals surface area contributed by atoms with Gasteiger partial charge in [0.15, 0.2) is 0 Å². The van der Waals surface area contributed by atoms with Gasteiger partial charge in [0.05, 0.1) is 11.4 Å². The average Bonchev–Trinajstić information content (AvgIpc) is 2.37. The Morgan fingerprint density at radius 3 is 2.17 bits per heavy atom. The highest BCUT2D eigenvalue weighted by Crippen LogP contribution is 2.29. The van der Waals surface area contributed by atoms with Crippen molar-refractivity contribution in [3.63, 3.8) is 0 Å². The Kier molecular flexibility index (Phi) is 3.42. The lowest BCUT2D eigenvalue weighted by molar-refractivity contribution is 1.20. The largest absolute Gasteiger partial charge is 0.397 e. The van der Waals surface area contributed by atoms with Crippen molar-refractivity contribution in [2.45, 2.75) is 20.8 Å². The van der Waals surface area contributed by atoms with Crippen molar-refractivity contribution < 1.29 is 0 Å². The number of aryl methyl sites for hydroxylation is 2. The van der Waals surface area contributed by atoms with Gasteiger partial charge in [-0.15, -0.1) is 5.11 Å². The van der Waals surface area contributed by atoms with E-state index >= 15 is 0 Å². The van der Waals surface area contributed by atoms with Crippen molar-refractivity contribution in [3.05, 3.63) is 53.1 Å². The topological polar surface area (TPSA) is 50.7 Å². The van der Waals surface area contributed by atoms with Crippen LogP contribution in [0.5, 0.6) is 0 Å². The zero-order valence-electron chi connectivity index (χ0n) is 10.9. The van der Waals surface area contributed by atoms with Gasteiger partial charge in [0.25, 0.3) is 0 Å². The van der Waals surface area contributed by atoms with Gasteiger partial charge in [0.1, 0.15) is 5.69 Å². The van der Waals surface area contributed by atoms with E-state index in [9.17, 15) is 0 Å². The van der Waals surface area contributed by atoms with Crippen LogP contribution in [0.4, 0.5) is 17.1 Å². The third-order valence-electron chi connectivity index (χ3n) is 3.14. The van der Waals surface area contributed by atoms with Crippen molar-refractivity contribution in [1.82, 2.24) is 0 Å². The molecule has 0 spiro atoms. The highest BCUT2D eigenvalue weighted by atomic mass is 15.1. The summed E-state index contributed by atoms with van der Waals surface area (Å²) >= 11 is 0. The first-order chi connectivity index (χ1) is 8.59. The first-order valence-electron chi connectivity index (χ1n) is 5.92. The molecule has 92 valence electrons. The molecule has 2 rings (SSSR count). The molecule has 0 aliphatic heterocycles. The van der Waals surface area contributed by atoms with Crippen LogP contribution in [-0.2, 0) is 0 Å². The van der Waals surface area contributed by atoms with Gasteiger partial charge in [-0.2, -0.15) is 5.11 Å². The predicted octanol–water partition coefficient (Wildman–Crippen LogP) is 4.61. The molecular formula is C15H17N3. The summed E-state index contributed by atoms with van der Waals surface area (Å²) in [6.07, 6.45) is 0. The van der Waals surface area contributed by atoms with E-state index in [-0.39, 0.29) is 0 Å². The minimum Gasteiger partial charge on any atom is -0.397 e. The van der Waals surface area contributed by atoms with Crippen molar-refractivity contribution in [1.29, 1.82) is 0 Å². The van der Waals surface area contributed by atoms with Crippen LogP contribution in [0.3, 0.4) is 0 Å². The molecule has 0 fully saturated rings. The summed E-state index contributed by atoms with van der Waals surface area (Å²) in [6.45, 7) is 6.05. The summed E-state index contributed by atoms with van der Waals surface area (Å²) in [4.78, 5) is 0. The van der Waals surface area contributed by atoms with Crippen LogP contribution in [0, 0.1) is 20.8 Å². The van der Waals surface area contributed by atoms with Crippen molar-refractivity contribution in [2.24, 2.45) is 10.2 Å². The Morgan fingerprint density at radius 1 is 0.778 bits per heavy atom. The van der Waals surface area contributed by atoms with E-state index in [1.54, 1.807) is 0 Å². The number of hydrogen-bond acceptors (Lipinski definition) is 3. The lowest BCUT2D eigenvalue weighted by Crippen LogP contribution is -1.92. The van der Waals surface area contributed by atoms with Crippen LogP contribution in [0.1, 0.15) is 16.7 Å². The molecule has 0 saturated heterocycles. The lowest BCUT2D eigenvalue weighted by Gasteiger charge is -2.06. The quantitative estimate of drug-likeness (QED) is 0.603. The molecular weight excluding hydrogens is 222 g/mol. The monoisotopic (exact) mass is 239 g/mol. The van der Waals surface area contributed by atoms with E-state index in [4.69, 9.17) is 5.73 Å². The highest BCUT2D eigenvalue weighted by molar-refractivity contribution is 5.68. The van der Waals surface area contributed by atoms with Crippen molar-refractivity contribution in [2.75, 3.05) is 5.73 Å². The molecule has 2 N–H and O–H groups in total. The zero-order chi connectivity index (χ0) is 13.1. The van der Waals surface area contributed by atoms with Crippen LogP contribution < -0.4 is 5.73 Å². The molecule has 0 aliphatic carbocycles. The fourth-order valence-electron chi connectivity index (χ4n) is 1.69. The Hall–Kier alpha value is -2.16. The molecule has 0 unspecified atom stereocenters. The minimum absolute atomic E-state index is 0.701. The number of hydrogen-bond donors (Lipinski definition) is 1. The Labute approximate surface area is 107 Å². The fraction of sp³-hybridized carbons (Fsp3) is 0.200. The molecule has 0 atom stereocenters. The van der Waals surface area contributed by atoms with Gasteiger partial charge in [-0.3, -0.25) is 0 Å². The van der Waals surface area contributed by atoms with Crippen LogP contribution in [-0.4, -0.2) is 0 Å². The number of rotatable bonds is 2. The van der Waals surface area contributed by atoms with Crippen molar-refractivity contribution >= 4 is 17.1 Å². The summed E-state index contributed by atoms with van der Waals surface area (Å²) in [6, 6.07) is 11.8. The number of nitrogens with two attached hydrogens (primary N) is 1. The third kappa shape index (κ3) is 2.40.